The summed E-state index contributed by atoms with van der Waals surface area (Å²) in [5, 5.41) is 12.2. The number of ether oxygens (including phenoxy) is 1. The summed E-state index contributed by atoms with van der Waals surface area (Å²) in [4.78, 5) is 4.38. The van der Waals surface area contributed by atoms with Crippen LogP contribution in [0.15, 0.2) is 36.5 Å². The quantitative estimate of drug-likeness (QED) is 0.910. The van der Waals surface area contributed by atoms with Gasteiger partial charge in [-0.25, -0.2) is 0 Å². The number of rotatable bonds is 2. The van der Waals surface area contributed by atoms with Crippen molar-refractivity contribution in [3.63, 3.8) is 0 Å². The molecule has 0 amide bonds. The maximum atomic E-state index is 11.2. The molecule has 0 spiro atoms. The standard InChI is InChI=1S/C17H21NO2/c1-3-16(2)12-17(19,9-11-20-16)14-7-4-8-15-13(14)6-5-10-18-15/h4-8,10,19H,3,9,11-12H2,1-2H3. The fourth-order valence-electron chi connectivity index (χ4n) is 3.19. The van der Waals surface area contributed by atoms with Crippen LogP contribution in [0.4, 0.5) is 0 Å². The van der Waals surface area contributed by atoms with Crippen molar-refractivity contribution in [1.29, 1.82) is 0 Å². The highest BCUT2D eigenvalue weighted by Gasteiger charge is 2.42. The summed E-state index contributed by atoms with van der Waals surface area (Å²) in [5.41, 5.74) is 0.831. The van der Waals surface area contributed by atoms with Crippen molar-refractivity contribution in [1.82, 2.24) is 4.98 Å². The average molecular weight is 271 g/mol. The van der Waals surface area contributed by atoms with E-state index >= 15 is 0 Å². The molecule has 3 nitrogen and oxygen atoms in total. The van der Waals surface area contributed by atoms with Gasteiger partial charge in [0.15, 0.2) is 0 Å². The minimum Gasteiger partial charge on any atom is -0.385 e. The van der Waals surface area contributed by atoms with Crippen LogP contribution in [-0.4, -0.2) is 22.3 Å². The molecule has 0 saturated carbocycles. The van der Waals surface area contributed by atoms with Crippen LogP contribution in [0.1, 0.15) is 38.7 Å². The smallest absolute Gasteiger partial charge is 0.0952 e. The number of hydrogen-bond donors (Lipinski definition) is 1. The fraction of sp³-hybridized carbons (Fsp3) is 0.471. The van der Waals surface area contributed by atoms with Gasteiger partial charge in [-0.1, -0.05) is 25.1 Å². The molecule has 1 aromatic heterocycles. The molecule has 2 atom stereocenters. The largest absolute Gasteiger partial charge is 0.385 e. The van der Waals surface area contributed by atoms with E-state index in [0.29, 0.717) is 19.4 Å². The minimum atomic E-state index is -0.828. The molecular weight excluding hydrogens is 250 g/mol. The normalized spacial score (nSPS) is 30.6. The van der Waals surface area contributed by atoms with Crippen LogP contribution < -0.4 is 0 Å². The Morgan fingerprint density at radius 2 is 2.15 bits per heavy atom. The lowest BCUT2D eigenvalue weighted by Crippen LogP contribution is -2.45. The first-order valence-corrected chi connectivity index (χ1v) is 7.27. The van der Waals surface area contributed by atoms with Crippen molar-refractivity contribution in [3.8, 4) is 0 Å². The van der Waals surface area contributed by atoms with Gasteiger partial charge in [0.1, 0.15) is 0 Å². The van der Waals surface area contributed by atoms with Crippen LogP contribution in [0.3, 0.4) is 0 Å². The highest BCUT2D eigenvalue weighted by atomic mass is 16.5. The van der Waals surface area contributed by atoms with Gasteiger partial charge in [-0.3, -0.25) is 4.98 Å². The Morgan fingerprint density at radius 1 is 1.30 bits per heavy atom. The summed E-state index contributed by atoms with van der Waals surface area (Å²) < 4.78 is 5.87. The highest BCUT2D eigenvalue weighted by Crippen LogP contribution is 2.42. The van der Waals surface area contributed by atoms with Crippen molar-refractivity contribution in [2.45, 2.75) is 44.3 Å². The van der Waals surface area contributed by atoms with Crippen LogP contribution >= 0.6 is 0 Å². The first-order chi connectivity index (χ1) is 9.56. The van der Waals surface area contributed by atoms with E-state index in [9.17, 15) is 5.11 Å². The Hall–Kier alpha value is -1.45. The predicted molar refractivity (Wildman–Crippen MR) is 79.5 cm³/mol. The van der Waals surface area contributed by atoms with Gasteiger partial charge >= 0.3 is 0 Å². The Labute approximate surface area is 119 Å². The zero-order valence-corrected chi connectivity index (χ0v) is 12.1. The molecule has 2 aromatic rings. The van der Waals surface area contributed by atoms with Crippen LogP contribution in [0, 0.1) is 0 Å². The summed E-state index contributed by atoms with van der Waals surface area (Å²) >= 11 is 0. The summed E-state index contributed by atoms with van der Waals surface area (Å²) in [6.45, 7) is 4.79. The molecular formula is C17H21NO2. The van der Waals surface area contributed by atoms with E-state index in [4.69, 9.17) is 4.74 Å². The second-order valence-corrected chi connectivity index (χ2v) is 5.99. The summed E-state index contributed by atoms with van der Waals surface area (Å²) in [6, 6.07) is 9.94. The van der Waals surface area contributed by atoms with E-state index in [1.165, 1.54) is 0 Å². The van der Waals surface area contributed by atoms with Crippen LogP contribution in [-0.2, 0) is 10.3 Å². The zero-order valence-electron chi connectivity index (χ0n) is 12.1. The number of hydrogen-bond acceptors (Lipinski definition) is 3. The summed E-state index contributed by atoms with van der Waals surface area (Å²) in [5.74, 6) is 0. The maximum Gasteiger partial charge on any atom is 0.0952 e. The molecule has 1 aliphatic rings. The Bertz CT molecular complexity index is 622. The van der Waals surface area contributed by atoms with Crippen molar-refractivity contribution in [2.24, 2.45) is 0 Å². The summed E-state index contributed by atoms with van der Waals surface area (Å²) in [6.07, 6.45) is 3.95. The number of pyridine rings is 1. The van der Waals surface area contributed by atoms with Gasteiger partial charge in [-0.15, -0.1) is 0 Å². The number of nitrogens with zero attached hydrogens (tertiary/aromatic N) is 1. The van der Waals surface area contributed by atoms with E-state index < -0.39 is 5.60 Å². The topological polar surface area (TPSA) is 42.4 Å². The van der Waals surface area contributed by atoms with E-state index in [1.807, 2.05) is 30.3 Å². The Kier molecular flexibility index (Phi) is 3.27. The molecule has 20 heavy (non-hydrogen) atoms. The van der Waals surface area contributed by atoms with Gasteiger partial charge in [-0.05, 0) is 31.0 Å². The van der Waals surface area contributed by atoms with Gasteiger partial charge in [-0.2, -0.15) is 0 Å². The number of benzene rings is 1. The molecule has 0 radical (unpaired) electrons. The average Bonchev–Trinajstić information content (AvgIpc) is 2.46. The molecule has 3 heteroatoms. The molecule has 1 aliphatic heterocycles. The molecule has 0 bridgehead atoms. The zero-order chi connectivity index (χ0) is 14.2. The predicted octanol–water partition coefficient (Wildman–Crippen LogP) is 3.40. The number of aliphatic hydroxyl groups is 1. The fourth-order valence-corrected chi connectivity index (χ4v) is 3.19. The number of fused-ring (bicyclic) bond motifs is 1. The molecule has 1 fully saturated rings. The molecule has 1 N–H and O–H groups in total. The molecule has 1 aromatic carbocycles. The van der Waals surface area contributed by atoms with Gasteiger partial charge in [0.2, 0.25) is 0 Å². The lowest BCUT2D eigenvalue weighted by molar-refractivity contribution is -0.157. The monoisotopic (exact) mass is 271 g/mol. The van der Waals surface area contributed by atoms with Crippen molar-refractivity contribution in [3.05, 3.63) is 42.1 Å². The third-order valence-electron chi connectivity index (χ3n) is 4.53. The van der Waals surface area contributed by atoms with Gasteiger partial charge < -0.3 is 9.84 Å². The molecule has 106 valence electrons. The molecule has 1 saturated heterocycles. The first kappa shape index (κ1) is 13.5. The molecule has 3 rings (SSSR count). The molecule has 0 aliphatic carbocycles. The molecule has 2 heterocycles. The second kappa shape index (κ2) is 4.83. The van der Waals surface area contributed by atoms with Crippen molar-refractivity contribution in [2.75, 3.05) is 6.61 Å². The Morgan fingerprint density at radius 3 is 2.95 bits per heavy atom. The summed E-state index contributed by atoms with van der Waals surface area (Å²) in [7, 11) is 0. The van der Waals surface area contributed by atoms with Crippen LogP contribution in [0.25, 0.3) is 10.9 Å². The lowest BCUT2D eigenvalue weighted by Gasteiger charge is -2.43. The van der Waals surface area contributed by atoms with Crippen molar-refractivity contribution < 1.29 is 9.84 Å². The van der Waals surface area contributed by atoms with E-state index in [-0.39, 0.29) is 5.60 Å². The number of aromatic nitrogens is 1. The SMILES string of the molecule is CCC1(C)CC(O)(c2cccc3ncccc23)CCO1. The van der Waals surface area contributed by atoms with Crippen LogP contribution in [0.5, 0.6) is 0 Å². The Balaban J connectivity index is 2.09. The second-order valence-electron chi connectivity index (χ2n) is 5.99. The van der Waals surface area contributed by atoms with E-state index in [1.54, 1.807) is 6.20 Å². The first-order valence-electron chi connectivity index (χ1n) is 7.27. The maximum absolute atomic E-state index is 11.2. The van der Waals surface area contributed by atoms with E-state index in [0.717, 1.165) is 22.9 Å². The third-order valence-corrected chi connectivity index (χ3v) is 4.53. The minimum absolute atomic E-state index is 0.253. The van der Waals surface area contributed by atoms with Gasteiger partial charge in [0.25, 0.3) is 0 Å². The molecule has 2 unspecified atom stereocenters. The van der Waals surface area contributed by atoms with E-state index in [2.05, 4.69) is 18.8 Å². The van der Waals surface area contributed by atoms with Crippen LogP contribution in [0.2, 0.25) is 0 Å². The van der Waals surface area contributed by atoms with Gasteiger partial charge in [0.05, 0.1) is 23.3 Å². The van der Waals surface area contributed by atoms with Crippen molar-refractivity contribution >= 4 is 10.9 Å². The lowest BCUT2D eigenvalue weighted by atomic mass is 9.76. The highest BCUT2D eigenvalue weighted by molar-refractivity contribution is 5.82. The third kappa shape index (κ3) is 2.21. The van der Waals surface area contributed by atoms with Gasteiger partial charge in [0, 0.05) is 24.4 Å².